The average Bonchev–Trinajstić information content (AvgIpc) is 2.74. The zero-order valence-electron chi connectivity index (χ0n) is 10.5. The van der Waals surface area contributed by atoms with Crippen LogP contribution in [-0.2, 0) is 13.0 Å². The van der Waals surface area contributed by atoms with Gasteiger partial charge in [-0.15, -0.1) is 0 Å². The van der Waals surface area contributed by atoms with Crippen molar-refractivity contribution in [1.29, 1.82) is 0 Å². The van der Waals surface area contributed by atoms with E-state index >= 15 is 0 Å². The molecule has 2 aromatic rings. The maximum atomic E-state index is 13.9. The van der Waals surface area contributed by atoms with E-state index in [0.29, 0.717) is 42.5 Å². The molecule has 100 valence electrons. The molecule has 6 heteroatoms. The van der Waals surface area contributed by atoms with Gasteiger partial charge in [-0.1, -0.05) is 5.16 Å². The normalized spacial score (nSPS) is 14.6. The molecule has 4 nitrogen and oxygen atoms in total. The molecule has 1 aliphatic heterocycles. The van der Waals surface area contributed by atoms with E-state index in [9.17, 15) is 8.78 Å². The summed E-state index contributed by atoms with van der Waals surface area (Å²) in [5, 5.41) is 3.71. The van der Waals surface area contributed by atoms with Crippen LogP contribution in [0.15, 0.2) is 16.7 Å². The van der Waals surface area contributed by atoms with Crippen molar-refractivity contribution in [3.63, 3.8) is 0 Å². The molecular formula is C13H13F2N3O. The number of fused-ring (bicyclic) bond motifs is 1. The van der Waals surface area contributed by atoms with Gasteiger partial charge in [0, 0.05) is 12.6 Å². The second kappa shape index (κ2) is 4.60. The van der Waals surface area contributed by atoms with Crippen LogP contribution >= 0.6 is 0 Å². The van der Waals surface area contributed by atoms with E-state index in [1.54, 1.807) is 6.92 Å². The van der Waals surface area contributed by atoms with Crippen molar-refractivity contribution < 1.29 is 13.3 Å². The first kappa shape index (κ1) is 12.1. The lowest BCUT2D eigenvalue weighted by molar-refractivity contribution is 0.371. The summed E-state index contributed by atoms with van der Waals surface area (Å²) in [5.41, 5.74) is 1.14. The van der Waals surface area contributed by atoms with E-state index in [-0.39, 0.29) is 0 Å². The van der Waals surface area contributed by atoms with Gasteiger partial charge in [-0.2, -0.15) is 4.98 Å². The summed E-state index contributed by atoms with van der Waals surface area (Å²) >= 11 is 0. The van der Waals surface area contributed by atoms with E-state index in [4.69, 9.17) is 4.52 Å². The molecule has 3 rings (SSSR count). The quantitative estimate of drug-likeness (QED) is 0.837. The second-order valence-corrected chi connectivity index (χ2v) is 4.66. The van der Waals surface area contributed by atoms with E-state index in [1.165, 1.54) is 6.07 Å². The summed E-state index contributed by atoms with van der Waals surface area (Å²) in [5.74, 6) is -0.0847. The summed E-state index contributed by atoms with van der Waals surface area (Å²) in [4.78, 5) is 5.93. The summed E-state index contributed by atoms with van der Waals surface area (Å²) in [6.45, 7) is 2.76. The number of hydrogen-bond donors (Lipinski definition) is 0. The molecule has 1 aliphatic rings. The number of aryl methyl sites for hydroxylation is 2. The molecule has 0 bridgehead atoms. The largest absolute Gasteiger partial charge is 0.360 e. The number of rotatable bonds is 2. The molecule has 19 heavy (non-hydrogen) atoms. The molecule has 0 saturated heterocycles. The molecule has 0 amide bonds. The molecule has 1 aromatic carbocycles. The maximum absolute atomic E-state index is 13.9. The molecular weight excluding hydrogens is 252 g/mol. The maximum Gasteiger partial charge on any atom is 0.246 e. The first-order chi connectivity index (χ1) is 9.13. The fourth-order valence-electron chi connectivity index (χ4n) is 2.46. The van der Waals surface area contributed by atoms with Gasteiger partial charge in [0.15, 0.2) is 5.82 Å². The van der Waals surface area contributed by atoms with Gasteiger partial charge in [0.1, 0.15) is 11.6 Å². The Bertz CT molecular complexity index is 612. The predicted molar refractivity (Wildman–Crippen MR) is 64.8 cm³/mol. The topological polar surface area (TPSA) is 42.2 Å². The van der Waals surface area contributed by atoms with Crippen molar-refractivity contribution in [2.24, 2.45) is 0 Å². The third-order valence-electron chi connectivity index (χ3n) is 3.19. The van der Waals surface area contributed by atoms with Gasteiger partial charge in [0.25, 0.3) is 0 Å². The lowest BCUT2D eigenvalue weighted by Crippen LogP contribution is -2.30. The monoisotopic (exact) mass is 265 g/mol. The first-order valence-corrected chi connectivity index (χ1v) is 6.15. The molecule has 0 saturated carbocycles. The van der Waals surface area contributed by atoms with Crippen LogP contribution in [0.4, 0.5) is 14.5 Å². The zero-order chi connectivity index (χ0) is 13.4. The molecule has 0 radical (unpaired) electrons. The molecule has 2 heterocycles. The van der Waals surface area contributed by atoms with E-state index in [2.05, 4.69) is 10.1 Å². The highest BCUT2D eigenvalue weighted by Gasteiger charge is 2.23. The lowest BCUT2D eigenvalue weighted by atomic mass is 10.0. The van der Waals surface area contributed by atoms with Gasteiger partial charge in [-0.25, -0.2) is 8.78 Å². The van der Waals surface area contributed by atoms with E-state index in [1.807, 2.05) is 4.90 Å². The third-order valence-corrected chi connectivity index (χ3v) is 3.19. The van der Waals surface area contributed by atoms with Gasteiger partial charge < -0.3 is 9.42 Å². The number of halogens is 2. The van der Waals surface area contributed by atoms with Gasteiger partial charge in [0.2, 0.25) is 5.89 Å². The van der Waals surface area contributed by atoms with E-state index in [0.717, 1.165) is 12.5 Å². The highest BCUT2D eigenvalue weighted by molar-refractivity contribution is 5.56. The molecule has 0 fully saturated rings. The smallest absolute Gasteiger partial charge is 0.246 e. The molecule has 0 N–H and O–H groups in total. The van der Waals surface area contributed by atoms with Crippen LogP contribution < -0.4 is 4.90 Å². The first-order valence-electron chi connectivity index (χ1n) is 6.15. The van der Waals surface area contributed by atoms with Crippen molar-refractivity contribution in [2.45, 2.75) is 26.3 Å². The lowest BCUT2D eigenvalue weighted by Gasteiger charge is -2.30. The van der Waals surface area contributed by atoms with Crippen LogP contribution in [0.3, 0.4) is 0 Å². The highest BCUT2D eigenvalue weighted by Crippen LogP contribution is 2.31. The average molecular weight is 265 g/mol. The minimum absolute atomic E-state index is 0.344. The summed E-state index contributed by atoms with van der Waals surface area (Å²) in [6, 6.07) is 2.31. The van der Waals surface area contributed by atoms with Crippen LogP contribution in [0.25, 0.3) is 0 Å². The number of nitrogens with zero attached hydrogens (tertiary/aromatic N) is 3. The number of anilines is 1. The van der Waals surface area contributed by atoms with Crippen molar-refractivity contribution in [1.82, 2.24) is 10.1 Å². The number of benzene rings is 1. The van der Waals surface area contributed by atoms with Crippen LogP contribution in [0.2, 0.25) is 0 Å². The summed E-state index contributed by atoms with van der Waals surface area (Å²) < 4.78 is 32.2. The van der Waals surface area contributed by atoms with Crippen LogP contribution in [0.5, 0.6) is 0 Å². The standard InChI is InChI=1S/C13H13F2N3O/c1-8-16-12(19-17-8)7-18-4-2-3-9-5-10(14)6-11(15)13(9)18/h5-6H,2-4,7H2,1H3. The van der Waals surface area contributed by atoms with Crippen LogP contribution in [0.1, 0.15) is 23.7 Å². The second-order valence-electron chi connectivity index (χ2n) is 4.66. The third kappa shape index (κ3) is 2.30. The van der Waals surface area contributed by atoms with Gasteiger partial charge in [-0.05, 0) is 31.4 Å². The van der Waals surface area contributed by atoms with E-state index < -0.39 is 11.6 Å². The Morgan fingerprint density at radius 3 is 2.95 bits per heavy atom. The highest BCUT2D eigenvalue weighted by atomic mass is 19.1. The van der Waals surface area contributed by atoms with Crippen molar-refractivity contribution >= 4 is 5.69 Å². The molecule has 1 aromatic heterocycles. The summed E-state index contributed by atoms with van der Waals surface area (Å²) in [6.07, 6.45) is 1.53. The Kier molecular flexibility index (Phi) is 2.93. The Balaban J connectivity index is 1.94. The number of hydrogen-bond acceptors (Lipinski definition) is 4. The number of aromatic nitrogens is 2. The molecule has 0 unspecified atom stereocenters. The fourth-order valence-corrected chi connectivity index (χ4v) is 2.46. The van der Waals surface area contributed by atoms with Crippen molar-refractivity contribution in [3.05, 3.63) is 41.0 Å². The minimum atomic E-state index is -0.536. The molecule has 0 atom stereocenters. The molecule has 0 spiro atoms. The Hall–Kier alpha value is -1.98. The van der Waals surface area contributed by atoms with Crippen LogP contribution in [0, 0.1) is 18.6 Å². The Labute approximate surface area is 109 Å². The van der Waals surface area contributed by atoms with Crippen LogP contribution in [-0.4, -0.2) is 16.7 Å². The summed E-state index contributed by atoms with van der Waals surface area (Å²) in [7, 11) is 0. The molecule has 0 aliphatic carbocycles. The fraction of sp³-hybridized carbons (Fsp3) is 0.385. The van der Waals surface area contributed by atoms with Crippen molar-refractivity contribution in [3.8, 4) is 0 Å². The Morgan fingerprint density at radius 2 is 2.21 bits per heavy atom. The van der Waals surface area contributed by atoms with Gasteiger partial charge in [-0.3, -0.25) is 0 Å². The van der Waals surface area contributed by atoms with Crippen molar-refractivity contribution in [2.75, 3.05) is 11.4 Å². The Morgan fingerprint density at radius 1 is 1.37 bits per heavy atom. The zero-order valence-corrected chi connectivity index (χ0v) is 10.5. The van der Waals surface area contributed by atoms with Gasteiger partial charge in [0.05, 0.1) is 12.2 Å². The minimum Gasteiger partial charge on any atom is -0.360 e. The SMILES string of the molecule is Cc1noc(CN2CCCc3cc(F)cc(F)c32)n1. The van der Waals surface area contributed by atoms with Gasteiger partial charge >= 0.3 is 0 Å². The predicted octanol–water partition coefficient (Wildman–Crippen LogP) is 2.61.